The Hall–Kier alpha value is -2.68. The number of carboxylic acids is 2. The van der Waals surface area contributed by atoms with E-state index in [4.69, 9.17) is 4.74 Å². The lowest BCUT2D eigenvalue weighted by atomic mass is 9.72. The van der Waals surface area contributed by atoms with Crippen LogP contribution in [0.4, 0.5) is 5.69 Å². The van der Waals surface area contributed by atoms with Crippen LogP contribution in [0.25, 0.3) is 0 Å². The van der Waals surface area contributed by atoms with Crippen molar-refractivity contribution in [1.82, 2.24) is 5.32 Å². The van der Waals surface area contributed by atoms with Gasteiger partial charge in [0.2, 0.25) is 0 Å². The van der Waals surface area contributed by atoms with Crippen LogP contribution in [0.2, 0.25) is 0 Å². The van der Waals surface area contributed by atoms with Crippen molar-refractivity contribution in [1.29, 1.82) is 0 Å². The Labute approximate surface area is 149 Å². The maximum Gasteiger partial charge on any atom is 0.339 e. The Morgan fingerprint density at radius 3 is 2.62 bits per heavy atom. The fourth-order valence-electron chi connectivity index (χ4n) is 3.90. The van der Waals surface area contributed by atoms with Crippen LogP contribution in [0, 0.1) is 22.0 Å². The Balaban J connectivity index is 1.72. The second-order valence-corrected chi connectivity index (χ2v) is 6.85. The molecule has 1 aliphatic heterocycles. The summed E-state index contributed by atoms with van der Waals surface area (Å²) in [5.41, 5.74) is -0.545. The molecule has 140 valence electrons. The van der Waals surface area contributed by atoms with E-state index in [2.05, 4.69) is 5.32 Å². The number of piperidine rings is 1. The summed E-state index contributed by atoms with van der Waals surface area (Å²) in [6.07, 6.45) is 2.53. The Morgan fingerprint density at radius 1 is 1.19 bits per heavy atom. The number of aliphatic carboxylic acids is 1. The summed E-state index contributed by atoms with van der Waals surface area (Å²) in [7, 11) is 0. The van der Waals surface area contributed by atoms with E-state index in [1.54, 1.807) is 0 Å². The molecule has 3 N–H and O–H groups in total. The molecule has 9 nitrogen and oxygen atoms in total. The standard InChI is InChI=1S/C17H20N2O7/c20-16(21)13-7-11(19(24)25)2-4-15(13)26-12-3-1-9-8-18-14(17(22)23)6-10(9)5-12/h2,4,7,9-10,12,14,18H,1,3,5-6,8H2,(H,20,21)(H,22,23)/t9?,10-,12?,14-/m0/s1. The molecule has 1 heterocycles. The zero-order chi connectivity index (χ0) is 18.8. The Bertz CT molecular complexity index is 736. The third kappa shape index (κ3) is 3.77. The Kier molecular flexibility index (Phi) is 5.08. The third-order valence-corrected chi connectivity index (χ3v) is 5.25. The quantitative estimate of drug-likeness (QED) is 0.532. The predicted molar refractivity (Wildman–Crippen MR) is 89.3 cm³/mol. The van der Waals surface area contributed by atoms with E-state index in [0.717, 1.165) is 18.9 Å². The van der Waals surface area contributed by atoms with E-state index in [-0.39, 0.29) is 29.0 Å². The Morgan fingerprint density at radius 2 is 1.96 bits per heavy atom. The largest absolute Gasteiger partial charge is 0.490 e. The van der Waals surface area contributed by atoms with Crippen molar-refractivity contribution in [3.8, 4) is 5.75 Å². The zero-order valence-electron chi connectivity index (χ0n) is 14.0. The highest BCUT2D eigenvalue weighted by atomic mass is 16.6. The first-order valence-electron chi connectivity index (χ1n) is 8.49. The molecule has 0 aromatic heterocycles. The fraction of sp³-hybridized carbons (Fsp3) is 0.529. The molecule has 2 fully saturated rings. The van der Waals surface area contributed by atoms with Crippen molar-refractivity contribution < 1.29 is 29.5 Å². The van der Waals surface area contributed by atoms with Crippen molar-refractivity contribution in [3.05, 3.63) is 33.9 Å². The molecule has 1 aromatic rings. The minimum atomic E-state index is -1.29. The number of ether oxygens (including phenoxy) is 1. The topological polar surface area (TPSA) is 139 Å². The molecule has 0 spiro atoms. The lowest BCUT2D eigenvalue weighted by molar-refractivity contribution is -0.384. The van der Waals surface area contributed by atoms with Crippen molar-refractivity contribution in [2.24, 2.45) is 11.8 Å². The molecular formula is C17H20N2O7. The number of aromatic carboxylic acids is 1. The van der Waals surface area contributed by atoms with Crippen LogP contribution < -0.4 is 10.1 Å². The molecule has 1 saturated carbocycles. The number of fused-ring (bicyclic) bond motifs is 1. The number of hydrogen-bond acceptors (Lipinski definition) is 6. The summed E-state index contributed by atoms with van der Waals surface area (Å²) in [6, 6.07) is 2.96. The number of hydrogen-bond donors (Lipinski definition) is 3. The smallest absolute Gasteiger partial charge is 0.339 e. The minimum absolute atomic E-state index is 0.107. The minimum Gasteiger partial charge on any atom is -0.490 e. The highest BCUT2D eigenvalue weighted by Crippen LogP contribution is 2.38. The van der Waals surface area contributed by atoms with Crippen LogP contribution in [-0.2, 0) is 4.79 Å². The molecular weight excluding hydrogens is 344 g/mol. The van der Waals surface area contributed by atoms with Gasteiger partial charge in [-0.05, 0) is 50.1 Å². The first-order valence-corrected chi connectivity index (χ1v) is 8.49. The van der Waals surface area contributed by atoms with E-state index in [0.29, 0.717) is 25.3 Å². The molecule has 3 rings (SSSR count). The highest BCUT2D eigenvalue weighted by molar-refractivity contribution is 5.91. The summed E-state index contributed by atoms with van der Waals surface area (Å²) in [6.45, 7) is 0.659. The van der Waals surface area contributed by atoms with Crippen molar-refractivity contribution in [3.63, 3.8) is 0 Å². The molecule has 1 saturated heterocycles. The first kappa shape index (κ1) is 18.1. The summed E-state index contributed by atoms with van der Waals surface area (Å²) in [5, 5.41) is 32.4. The number of rotatable bonds is 5. The highest BCUT2D eigenvalue weighted by Gasteiger charge is 2.38. The van der Waals surface area contributed by atoms with Gasteiger partial charge in [-0.15, -0.1) is 0 Å². The van der Waals surface area contributed by atoms with Crippen LogP contribution in [0.15, 0.2) is 18.2 Å². The monoisotopic (exact) mass is 364 g/mol. The van der Waals surface area contributed by atoms with Gasteiger partial charge in [0.05, 0.1) is 11.0 Å². The second kappa shape index (κ2) is 7.28. The van der Waals surface area contributed by atoms with Crippen LogP contribution >= 0.6 is 0 Å². The van der Waals surface area contributed by atoms with Gasteiger partial charge in [0.15, 0.2) is 0 Å². The van der Waals surface area contributed by atoms with Gasteiger partial charge >= 0.3 is 11.9 Å². The molecule has 26 heavy (non-hydrogen) atoms. The van der Waals surface area contributed by atoms with Gasteiger partial charge in [-0.25, -0.2) is 4.79 Å². The predicted octanol–water partition coefficient (Wildman–Crippen LogP) is 1.90. The average molecular weight is 364 g/mol. The van der Waals surface area contributed by atoms with E-state index in [9.17, 15) is 29.9 Å². The van der Waals surface area contributed by atoms with Crippen molar-refractivity contribution in [2.75, 3.05) is 6.54 Å². The SMILES string of the molecule is O=C(O)c1cc([N+](=O)[O-])ccc1OC1CCC2CN[C@H](C(=O)O)C[C@@H]2C1. The summed E-state index contributed by atoms with van der Waals surface area (Å²) in [4.78, 5) is 32.8. The van der Waals surface area contributed by atoms with Gasteiger partial charge in [0.25, 0.3) is 5.69 Å². The van der Waals surface area contributed by atoms with E-state index in [1.165, 1.54) is 12.1 Å². The van der Waals surface area contributed by atoms with Gasteiger partial charge in [-0.3, -0.25) is 14.9 Å². The summed E-state index contributed by atoms with van der Waals surface area (Å²) in [5.74, 6) is -1.46. The summed E-state index contributed by atoms with van der Waals surface area (Å²) < 4.78 is 5.86. The van der Waals surface area contributed by atoms with Gasteiger partial charge in [-0.1, -0.05) is 0 Å². The van der Waals surface area contributed by atoms with Gasteiger partial charge in [0.1, 0.15) is 17.4 Å². The molecule has 2 aliphatic rings. The number of nitrogens with zero attached hydrogens (tertiary/aromatic N) is 1. The lowest BCUT2D eigenvalue weighted by Gasteiger charge is -2.41. The number of nitro benzene ring substituents is 1. The molecule has 0 radical (unpaired) electrons. The molecule has 2 unspecified atom stereocenters. The van der Waals surface area contributed by atoms with E-state index >= 15 is 0 Å². The molecule has 0 bridgehead atoms. The number of nitro groups is 1. The number of nitrogens with one attached hydrogen (secondary N) is 1. The van der Waals surface area contributed by atoms with Crippen LogP contribution in [0.5, 0.6) is 5.75 Å². The molecule has 1 aromatic carbocycles. The van der Waals surface area contributed by atoms with Crippen molar-refractivity contribution in [2.45, 2.75) is 37.8 Å². The normalized spacial score (nSPS) is 28.0. The van der Waals surface area contributed by atoms with Gasteiger partial charge in [0, 0.05) is 12.1 Å². The van der Waals surface area contributed by atoms with Crippen molar-refractivity contribution >= 4 is 17.6 Å². The number of carbonyl (C=O) groups is 2. The third-order valence-electron chi connectivity index (χ3n) is 5.25. The molecule has 1 aliphatic carbocycles. The van der Waals surface area contributed by atoms with E-state index in [1.807, 2.05) is 0 Å². The van der Waals surface area contributed by atoms with Crippen LogP contribution in [0.3, 0.4) is 0 Å². The van der Waals surface area contributed by atoms with Gasteiger partial charge in [-0.2, -0.15) is 0 Å². The zero-order valence-corrected chi connectivity index (χ0v) is 14.0. The first-order chi connectivity index (χ1) is 12.3. The van der Waals surface area contributed by atoms with Crippen LogP contribution in [0.1, 0.15) is 36.0 Å². The fourth-order valence-corrected chi connectivity index (χ4v) is 3.90. The number of non-ortho nitro benzene ring substituents is 1. The summed E-state index contributed by atoms with van der Waals surface area (Å²) >= 11 is 0. The molecule has 0 amide bonds. The lowest BCUT2D eigenvalue weighted by Crippen LogP contribution is -2.50. The van der Waals surface area contributed by atoms with Crippen LogP contribution in [-0.4, -0.2) is 45.8 Å². The van der Waals surface area contributed by atoms with Gasteiger partial charge < -0.3 is 20.3 Å². The number of carboxylic acid groups (broad SMARTS) is 2. The second-order valence-electron chi connectivity index (χ2n) is 6.85. The van der Waals surface area contributed by atoms with E-state index < -0.39 is 22.9 Å². The molecule has 9 heteroatoms. The molecule has 4 atom stereocenters. The number of benzene rings is 1. The maximum absolute atomic E-state index is 11.4. The maximum atomic E-state index is 11.4. The average Bonchev–Trinajstić information content (AvgIpc) is 2.61.